The molecule has 1 aromatic rings. The summed E-state index contributed by atoms with van der Waals surface area (Å²) in [5.41, 5.74) is 0.691. The fourth-order valence-corrected chi connectivity index (χ4v) is 2.81. The third kappa shape index (κ3) is 3.65. The monoisotopic (exact) mass is 343 g/mol. The van der Waals surface area contributed by atoms with E-state index in [2.05, 4.69) is 28.2 Å². The van der Waals surface area contributed by atoms with Crippen LogP contribution in [0.2, 0.25) is 0 Å². The van der Waals surface area contributed by atoms with E-state index in [9.17, 15) is 9.18 Å². The second-order valence-electron chi connectivity index (χ2n) is 5.06. The molecular weight excluding hydrogens is 325 g/mol. The molecule has 1 N–H and O–H groups in total. The van der Waals surface area contributed by atoms with Crippen LogP contribution in [0.15, 0.2) is 22.7 Å². The Labute approximate surface area is 127 Å². The van der Waals surface area contributed by atoms with Gasteiger partial charge in [0.1, 0.15) is 11.6 Å². The van der Waals surface area contributed by atoms with Crippen molar-refractivity contribution in [3.63, 3.8) is 0 Å². The van der Waals surface area contributed by atoms with E-state index < -0.39 is 0 Å². The predicted molar refractivity (Wildman–Crippen MR) is 79.2 cm³/mol. The van der Waals surface area contributed by atoms with Gasteiger partial charge < -0.3 is 10.1 Å². The van der Waals surface area contributed by atoms with E-state index in [1.807, 2.05) is 0 Å². The molecule has 110 valence electrons. The van der Waals surface area contributed by atoms with Crippen LogP contribution >= 0.6 is 15.9 Å². The molecule has 5 heteroatoms. The molecule has 2 unspecified atom stereocenters. The largest absolute Gasteiger partial charge is 0.379 e. The van der Waals surface area contributed by atoms with E-state index >= 15 is 0 Å². The second-order valence-corrected chi connectivity index (χ2v) is 5.85. The van der Waals surface area contributed by atoms with Crippen LogP contribution in [-0.4, -0.2) is 31.6 Å². The van der Waals surface area contributed by atoms with Crippen molar-refractivity contribution in [2.24, 2.45) is 5.92 Å². The van der Waals surface area contributed by atoms with Gasteiger partial charge in [-0.2, -0.15) is 0 Å². The zero-order valence-electron chi connectivity index (χ0n) is 11.5. The minimum Gasteiger partial charge on any atom is -0.379 e. The van der Waals surface area contributed by atoms with Crippen molar-refractivity contribution < 1.29 is 13.9 Å². The molecular formula is C15H19BrFNO2. The first-order valence-corrected chi connectivity index (χ1v) is 7.69. The summed E-state index contributed by atoms with van der Waals surface area (Å²) in [5.74, 6) is -0.377. The normalized spacial score (nSPS) is 22.1. The van der Waals surface area contributed by atoms with Crippen molar-refractivity contribution >= 4 is 21.7 Å². The SMILES string of the molecule is CCCNC1COCC1C(=O)Cc1cccc(F)c1Br. The quantitative estimate of drug-likeness (QED) is 0.862. The Bertz CT molecular complexity index is 481. The van der Waals surface area contributed by atoms with Crippen LogP contribution in [-0.2, 0) is 16.0 Å². The average molecular weight is 344 g/mol. The highest BCUT2D eigenvalue weighted by Gasteiger charge is 2.33. The van der Waals surface area contributed by atoms with Gasteiger partial charge in [-0.05, 0) is 40.5 Å². The number of ketones is 1. The van der Waals surface area contributed by atoms with Gasteiger partial charge in [-0.1, -0.05) is 19.1 Å². The Hall–Kier alpha value is -0.780. The summed E-state index contributed by atoms with van der Waals surface area (Å²) in [5, 5.41) is 3.34. The molecule has 1 aromatic carbocycles. The molecule has 3 nitrogen and oxygen atoms in total. The van der Waals surface area contributed by atoms with Crippen molar-refractivity contribution in [1.82, 2.24) is 5.32 Å². The molecule has 1 aliphatic rings. The van der Waals surface area contributed by atoms with E-state index in [1.54, 1.807) is 12.1 Å². The maximum atomic E-state index is 13.5. The third-order valence-electron chi connectivity index (χ3n) is 3.55. The fraction of sp³-hybridized carbons (Fsp3) is 0.533. The first-order chi connectivity index (χ1) is 9.63. The standard InChI is InChI=1S/C15H19BrFNO2/c1-2-6-18-13-9-20-8-11(13)14(19)7-10-4-3-5-12(17)15(10)16/h3-5,11,13,18H,2,6-9H2,1H3. The molecule has 0 amide bonds. The zero-order chi connectivity index (χ0) is 14.5. The van der Waals surface area contributed by atoms with Crippen LogP contribution in [0.3, 0.4) is 0 Å². The molecule has 0 aromatic heterocycles. The third-order valence-corrected chi connectivity index (χ3v) is 4.43. The molecule has 1 aliphatic heterocycles. The number of nitrogens with one attached hydrogen (secondary N) is 1. The van der Waals surface area contributed by atoms with Gasteiger partial charge in [-0.25, -0.2) is 4.39 Å². The van der Waals surface area contributed by atoms with Gasteiger partial charge in [-0.3, -0.25) is 4.79 Å². The highest BCUT2D eigenvalue weighted by molar-refractivity contribution is 9.10. The Morgan fingerprint density at radius 3 is 3.05 bits per heavy atom. The highest BCUT2D eigenvalue weighted by Crippen LogP contribution is 2.23. The number of Topliss-reactive ketones (excluding diaryl/α,β-unsaturated/α-hetero) is 1. The van der Waals surface area contributed by atoms with Gasteiger partial charge in [0.05, 0.1) is 23.6 Å². The second kappa shape index (κ2) is 7.29. The van der Waals surface area contributed by atoms with Gasteiger partial charge in [0.25, 0.3) is 0 Å². The number of carbonyl (C=O) groups excluding carboxylic acids is 1. The van der Waals surface area contributed by atoms with E-state index in [0.717, 1.165) is 13.0 Å². The van der Waals surface area contributed by atoms with Crippen LogP contribution in [0, 0.1) is 11.7 Å². The molecule has 2 atom stereocenters. The van der Waals surface area contributed by atoms with Gasteiger partial charge in [0.15, 0.2) is 0 Å². The summed E-state index contributed by atoms with van der Waals surface area (Å²) < 4.78 is 19.2. The molecule has 0 saturated carbocycles. The minimum atomic E-state index is -0.335. The predicted octanol–water partition coefficient (Wildman–Crippen LogP) is 2.71. The van der Waals surface area contributed by atoms with E-state index in [0.29, 0.717) is 23.2 Å². The summed E-state index contributed by atoms with van der Waals surface area (Å²) in [6.07, 6.45) is 1.25. The first-order valence-electron chi connectivity index (χ1n) is 6.90. The summed E-state index contributed by atoms with van der Waals surface area (Å²) in [6, 6.07) is 4.85. The van der Waals surface area contributed by atoms with Crippen molar-refractivity contribution in [1.29, 1.82) is 0 Å². The summed E-state index contributed by atoms with van der Waals surface area (Å²) in [7, 11) is 0. The van der Waals surface area contributed by atoms with Crippen LogP contribution in [0.5, 0.6) is 0 Å². The number of ether oxygens (including phenoxy) is 1. The van der Waals surface area contributed by atoms with Crippen molar-refractivity contribution in [2.45, 2.75) is 25.8 Å². The minimum absolute atomic E-state index is 0.0785. The number of rotatable bonds is 6. The molecule has 0 bridgehead atoms. The van der Waals surface area contributed by atoms with Crippen LogP contribution < -0.4 is 5.32 Å². The number of benzene rings is 1. The maximum Gasteiger partial charge on any atom is 0.144 e. The molecule has 1 heterocycles. The Morgan fingerprint density at radius 2 is 2.30 bits per heavy atom. The smallest absolute Gasteiger partial charge is 0.144 e. The lowest BCUT2D eigenvalue weighted by atomic mass is 9.93. The maximum absolute atomic E-state index is 13.5. The number of hydrogen-bond acceptors (Lipinski definition) is 3. The number of halogens is 2. The van der Waals surface area contributed by atoms with Crippen LogP contribution in [0.25, 0.3) is 0 Å². The van der Waals surface area contributed by atoms with E-state index in [1.165, 1.54) is 6.07 Å². The van der Waals surface area contributed by atoms with E-state index in [4.69, 9.17) is 4.74 Å². The average Bonchev–Trinajstić information content (AvgIpc) is 2.90. The Kier molecular flexibility index (Phi) is 5.69. The van der Waals surface area contributed by atoms with Gasteiger partial charge in [0, 0.05) is 12.5 Å². The number of hydrogen-bond donors (Lipinski definition) is 1. The first kappa shape index (κ1) is 15.6. The van der Waals surface area contributed by atoms with Crippen molar-refractivity contribution in [3.05, 3.63) is 34.1 Å². The number of carbonyl (C=O) groups is 1. The summed E-state index contributed by atoms with van der Waals surface area (Å²) in [4.78, 5) is 12.4. The Balaban J connectivity index is 2.02. The molecule has 0 spiro atoms. The lowest BCUT2D eigenvalue weighted by Gasteiger charge is -2.18. The summed E-state index contributed by atoms with van der Waals surface area (Å²) >= 11 is 3.20. The van der Waals surface area contributed by atoms with Gasteiger partial charge >= 0.3 is 0 Å². The zero-order valence-corrected chi connectivity index (χ0v) is 13.1. The lowest BCUT2D eigenvalue weighted by molar-refractivity contribution is -0.122. The van der Waals surface area contributed by atoms with Crippen molar-refractivity contribution in [3.8, 4) is 0 Å². The van der Waals surface area contributed by atoms with E-state index in [-0.39, 0.29) is 30.0 Å². The lowest BCUT2D eigenvalue weighted by Crippen LogP contribution is -2.40. The van der Waals surface area contributed by atoms with Crippen molar-refractivity contribution in [2.75, 3.05) is 19.8 Å². The highest BCUT2D eigenvalue weighted by atomic mass is 79.9. The van der Waals surface area contributed by atoms with Gasteiger partial charge in [0.2, 0.25) is 0 Å². The Morgan fingerprint density at radius 1 is 1.50 bits per heavy atom. The molecule has 0 radical (unpaired) electrons. The molecule has 0 aliphatic carbocycles. The van der Waals surface area contributed by atoms with Gasteiger partial charge in [-0.15, -0.1) is 0 Å². The van der Waals surface area contributed by atoms with Crippen LogP contribution in [0.4, 0.5) is 4.39 Å². The molecule has 1 fully saturated rings. The molecule has 2 rings (SSSR count). The van der Waals surface area contributed by atoms with Crippen LogP contribution in [0.1, 0.15) is 18.9 Å². The molecule has 20 heavy (non-hydrogen) atoms. The topological polar surface area (TPSA) is 38.3 Å². The fourth-order valence-electron chi connectivity index (χ4n) is 2.41. The molecule has 1 saturated heterocycles. The summed E-state index contributed by atoms with van der Waals surface area (Å²) in [6.45, 7) is 3.98.